The fourth-order valence-electron chi connectivity index (χ4n) is 2.50. The van der Waals surface area contributed by atoms with Crippen molar-refractivity contribution in [3.63, 3.8) is 0 Å². The van der Waals surface area contributed by atoms with E-state index >= 15 is 0 Å². The van der Waals surface area contributed by atoms with Gasteiger partial charge < -0.3 is 15.4 Å². The topological polar surface area (TPSA) is 45.7 Å². The second-order valence-corrected chi connectivity index (χ2v) is 5.61. The van der Waals surface area contributed by atoms with E-state index in [4.69, 9.17) is 4.74 Å². The number of aliphatic imine (C=N–C) groups is 1. The molecule has 0 aromatic heterocycles. The monoisotopic (exact) mass is 465 g/mol. The lowest BCUT2D eigenvalue weighted by Crippen LogP contribution is -2.38. The van der Waals surface area contributed by atoms with E-state index in [1.54, 1.807) is 0 Å². The summed E-state index contributed by atoms with van der Waals surface area (Å²) in [7, 11) is 0. The van der Waals surface area contributed by atoms with Crippen LogP contribution >= 0.6 is 24.0 Å². The third-order valence-corrected chi connectivity index (χ3v) is 3.80. The van der Waals surface area contributed by atoms with Crippen molar-refractivity contribution in [3.05, 3.63) is 47.0 Å². The van der Waals surface area contributed by atoms with Crippen molar-refractivity contribution in [2.45, 2.75) is 26.2 Å². The molecule has 0 spiro atoms. The molecule has 0 aliphatic carbocycles. The normalized spacial score (nSPS) is 14.5. The van der Waals surface area contributed by atoms with Gasteiger partial charge in [0, 0.05) is 19.6 Å². The van der Waals surface area contributed by atoms with Crippen LogP contribution in [0.25, 0.3) is 0 Å². The Bertz CT molecular complexity index is 594. The maximum Gasteiger partial charge on any atom is 0.191 e. The van der Waals surface area contributed by atoms with E-state index in [1.165, 1.54) is 11.6 Å². The minimum Gasteiger partial charge on any atom is -0.377 e. The van der Waals surface area contributed by atoms with E-state index in [9.17, 15) is 8.78 Å². The van der Waals surface area contributed by atoms with Crippen LogP contribution in [0.15, 0.2) is 34.8 Å². The van der Waals surface area contributed by atoms with Crippen LogP contribution in [0.1, 0.15) is 25.3 Å². The Morgan fingerprint density at radius 2 is 2.08 bits per heavy atom. The molecule has 1 aliphatic rings. The number of guanidine groups is 1. The highest BCUT2D eigenvalue weighted by molar-refractivity contribution is 14.0. The first-order chi connectivity index (χ1) is 11.7. The molecule has 0 saturated heterocycles. The SMILES string of the molecule is CCNC(=NCCc1cc(F)ccc1F)NCCC1=CCOCC1.I. The molecule has 0 unspecified atom stereocenters. The summed E-state index contributed by atoms with van der Waals surface area (Å²) in [4.78, 5) is 4.42. The molecule has 0 amide bonds. The van der Waals surface area contributed by atoms with Crippen LogP contribution in [0.4, 0.5) is 8.78 Å². The molecule has 2 N–H and O–H groups in total. The van der Waals surface area contributed by atoms with Gasteiger partial charge in [-0.2, -0.15) is 0 Å². The van der Waals surface area contributed by atoms with Crippen LogP contribution in [0.3, 0.4) is 0 Å². The van der Waals surface area contributed by atoms with Crippen molar-refractivity contribution >= 4 is 29.9 Å². The molecule has 1 aromatic carbocycles. The fraction of sp³-hybridized carbons (Fsp3) is 0.500. The van der Waals surface area contributed by atoms with Crippen molar-refractivity contribution < 1.29 is 13.5 Å². The molecular weight excluding hydrogens is 439 g/mol. The van der Waals surface area contributed by atoms with Crippen molar-refractivity contribution in [2.75, 3.05) is 32.8 Å². The average molecular weight is 465 g/mol. The molecule has 1 aromatic rings. The van der Waals surface area contributed by atoms with Gasteiger partial charge in [0.2, 0.25) is 0 Å². The highest BCUT2D eigenvalue weighted by Crippen LogP contribution is 2.11. The lowest BCUT2D eigenvalue weighted by atomic mass is 10.1. The van der Waals surface area contributed by atoms with Gasteiger partial charge in [0.25, 0.3) is 0 Å². The molecule has 0 atom stereocenters. The Morgan fingerprint density at radius 1 is 1.24 bits per heavy atom. The Kier molecular flexibility index (Phi) is 10.6. The third kappa shape index (κ3) is 8.13. The molecular formula is C18H26F2IN3O. The molecule has 1 heterocycles. The third-order valence-electron chi connectivity index (χ3n) is 3.80. The predicted molar refractivity (Wildman–Crippen MR) is 108 cm³/mol. The predicted octanol–water partition coefficient (Wildman–Crippen LogP) is 3.42. The standard InChI is InChI=1S/C18H25F2N3O.HI/c1-2-21-18(22-9-5-14-7-11-24-12-8-14)23-10-6-15-13-16(19)3-4-17(15)20;/h3-4,7,13H,2,5-6,8-12H2,1H3,(H2,21,22,23);1H. The van der Waals surface area contributed by atoms with Gasteiger partial charge in [0.1, 0.15) is 11.6 Å². The molecule has 4 nitrogen and oxygen atoms in total. The quantitative estimate of drug-likeness (QED) is 0.281. The maximum absolute atomic E-state index is 13.6. The molecule has 7 heteroatoms. The largest absolute Gasteiger partial charge is 0.377 e. The van der Waals surface area contributed by atoms with E-state index in [0.717, 1.165) is 44.7 Å². The fourth-order valence-corrected chi connectivity index (χ4v) is 2.50. The van der Waals surface area contributed by atoms with Crippen molar-refractivity contribution in [2.24, 2.45) is 4.99 Å². The van der Waals surface area contributed by atoms with Gasteiger partial charge in [-0.05, 0) is 49.9 Å². The van der Waals surface area contributed by atoms with Crippen LogP contribution < -0.4 is 10.6 Å². The molecule has 1 aliphatic heterocycles. The number of benzene rings is 1. The summed E-state index contributed by atoms with van der Waals surface area (Å²) in [6.45, 7) is 5.40. The molecule has 2 rings (SSSR count). The highest BCUT2D eigenvalue weighted by atomic mass is 127. The van der Waals surface area contributed by atoms with Gasteiger partial charge >= 0.3 is 0 Å². The van der Waals surface area contributed by atoms with Crippen LogP contribution in [-0.4, -0.2) is 38.8 Å². The summed E-state index contributed by atoms with van der Waals surface area (Å²) in [6.07, 6.45) is 4.42. The molecule has 0 fully saturated rings. The second kappa shape index (κ2) is 12.2. The average Bonchev–Trinajstić information content (AvgIpc) is 2.59. The highest BCUT2D eigenvalue weighted by Gasteiger charge is 2.05. The number of nitrogens with one attached hydrogen (secondary N) is 2. The maximum atomic E-state index is 13.6. The summed E-state index contributed by atoms with van der Waals surface area (Å²) in [5.41, 5.74) is 1.74. The minimum absolute atomic E-state index is 0. The lowest BCUT2D eigenvalue weighted by molar-refractivity contribution is 0.153. The van der Waals surface area contributed by atoms with Gasteiger partial charge in [0.15, 0.2) is 5.96 Å². The molecule has 0 bridgehead atoms. The van der Waals surface area contributed by atoms with Gasteiger partial charge in [0.05, 0.1) is 13.2 Å². The Morgan fingerprint density at radius 3 is 2.80 bits per heavy atom. The van der Waals surface area contributed by atoms with Crippen LogP contribution in [0, 0.1) is 11.6 Å². The lowest BCUT2D eigenvalue weighted by Gasteiger charge is -2.15. The summed E-state index contributed by atoms with van der Waals surface area (Å²) >= 11 is 0. The first kappa shape index (κ1) is 21.8. The number of nitrogens with zero attached hydrogens (tertiary/aromatic N) is 1. The van der Waals surface area contributed by atoms with E-state index < -0.39 is 11.6 Å². The number of rotatable bonds is 7. The van der Waals surface area contributed by atoms with E-state index in [1.807, 2.05) is 6.92 Å². The van der Waals surface area contributed by atoms with Crippen molar-refractivity contribution in [1.82, 2.24) is 10.6 Å². The number of ether oxygens (including phenoxy) is 1. The molecule has 140 valence electrons. The van der Waals surface area contributed by atoms with Crippen LogP contribution in [-0.2, 0) is 11.2 Å². The number of halogens is 3. The van der Waals surface area contributed by atoms with Crippen LogP contribution in [0.5, 0.6) is 0 Å². The van der Waals surface area contributed by atoms with E-state index in [-0.39, 0.29) is 24.0 Å². The summed E-state index contributed by atoms with van der Waals surface area (Å²) in [5, 5.41) is 6.43. The number of hydrogen-bond acceptors (Lipinski definition) is 2. The summed E-state index contributed by atoms with van der Waals surface area (Å²) in [5.74, 6) is -0.122. The van der Waals surface area contributed by atoms with Gasteiger partial charge in [-0.1, -0.05) is 11.6 Å². The minimum atomic E-state index is -0.426. The second-order valence-electron chi connectivity index (χ2n) is 5.61. The summed E-state index contributed by atoms with van der Waals surface area (Å²) in [6, 6.07) is 3.50. The smallest absolute Gasteiger partial charge is 0.191 e. The Labute approximate surface area is 165 Å². The van der Waals surface area contributed by atoms with Crippen molar-refractivity contribution in [1.29, 1.82) is 0 Å². The van der Waals surface area contributed by atoms with Gasteiger partial charge in [-0.3, -0.25) is 4.99 Å². The molecule has 25 heavy (non-hydrogen) atoms. The summed E-state index contributed by atoms with van der Waals surface area (Å²) < 4.78 is 32.0. The van der Waals surface area contributed by atoms with E-state index in [2.05, 4.69) is 21.7 Å². The van der Waals surface area contributed by atoms with Gasteiger partial charge in [-0.15, -0.1) is 24.0 Å². The zero-order valence-electron chi connectivity index (χ0n) is 14.5. The first-order valence-corrected chi connectivity index (χ1v) is 8.40. The first-order valence-electron chi connectivity index (χ1n) is 8.40. The zero-order chi connectivity index (χ0) is 17.2. The van der Waals surface area contributed by atoms with E-state index in [0.29, 0.717) is 31.1 Å². The molecule has 0 saturated carbocycles. The zero-order valence-corrected chi connectivity index (χ0v) is 16.8. The van der Waals surface area contributed by atoms with Crippen LogP contribution in [0.2, 0.25) is 0 Å². The Hall–Kier alpha value is -1.22. The number of hydrogen-bond donors (Lipinski definition) is 2. The van der Waals surface area contributed by atoms with Crippen molar-refractivity contribution in [3.8, 4) is 0 Å². The Balaban J connectivity index is 0.00000312. The van der Waals surface area contributed by atoms with Gasteiger partial charge in [-0.25, -0.2) is 8.78 Å². The molecule has 0 radical (unpaired) electrons.